The number of alkyl halides is 3. The first-order valence-corrected chi connectivity index (χ1v) is 11.0. The van der Waals surface area contributed by atoms with Crippen LogP contribution in [-0.2, 0) is 22.2 Å². The Balaban J connectivity index is 1.78. The van der Waals surface area contributed by atoms with Gasteiger partial charge >= 0.3 is 6.18 Å². The molecule has 3 aromatic rings. The molecule has 3 heterocycles. The molecule has 2 atom stereocenters. The third-order valence-corrected chi connectivity index (χ3v) is 5.87. The summed E-state index contributed by atoms with van der Waals surface area (Å²) in [6.45, 7) is 3.47. The van der Waals surface area contributed by atoms with E-state index in [0.29, 0.717) is 43.4 Å². The van der Waals surface area contributed by atoms with Gasteiger partial charge < -0.3 is 19.4 Å². The van der Waals surface area contributed by atoms with Crippen molar-refractivity contribution < 1.29 is 27.4 Å². The molecule has 2 aromatic heterocycles. The van der Waals surface area contributed by atoms with Crippen LogP contribution < -0.4 is 5.32 Å². The second kappa shape index (κ2) is 10.1. The fourth-order valence-electron chi connectivity index (χ4n) is 4.13. The van der Waals surface area contributed by atoms with Gasteiger partial charge in [-0.05, 0) is 38.0 Å². The summed E-state index contributed by atoms with van der Waals surface area (Å²) in [4.78, 5) is 25.9. The molecule has 0 spiro atoms. The summed E-state index contributed by atoms with van der Waals surface area (Å²) in [5.74, 6) is -0.101. The molecule has 0 bridgehead atoms. The van der Waals surface area contributed by atoms with Crippen LogP contribution in [0.25, 0.3) is 11.0 Å². The number of imidazole rings is 1. The maximum atomic E-state index is 13.3. The van der Waals surface area contributed by atoms with Crippen molar-refractivity contribution in [2.45, 2.75) is 38.5 Å². The number of benzene rings is 1. The van der Waals surface area contributed by atoms with Crippen molar-refractivity contribution in [3.63, 3.8) is 0 Å². The van der Waals surface area contributed by atoms with Crippen LogP contribution in [-0.4, -0.2) is 52.4 Å². The molecule has 4 rings (SSSR count). The number of amides is 1. The lowest BCUT2D eigenvalue weighted by Gasteiger charge is -2.31. The normalized spacial score (nSPS) is 17.6. The SMILES string of the molecule is COCCn1c(C(NC(=O)c2cnc(C)cn2)C2CCCOC2)nc2cc(C(F)(F)F)ccc21. The molecule has 1 saturated heterocycles. The Bertz CT molecular complexity index is 1140. The summed E-state index contributed by atoms with van der Waals surface area (Å²) in [5.41, 5.74) is 0.777. The molecule has 1 aliphatic heterocycles. The van der Waals surface area contributed by atoms with Crippen LogP contribution in [0.5, 0.6) is 0 Å². The highest BCUT2D eigenvalue weighted by molar-refractivity contribution is 5.92. The molecule has 8 nitrogen and oxygen atoms in total. The Labute approximate surface area is 194 Å². The topological polar surface area (TPSA) is 91.2 Å². The van der Waals surface area contributed by atoms with Gasteiger partial charge in [0.1, 0.15) is 11.5 Å². The van der Waals surface area contributed by atoms with Crippen LogP contribution in [0.3, 0.4) is 0 Å². The number of carbonyl (C=O) groups excluding carboxylic acids is 1. The summed E-state index contributed by atoms with van der Waals surface area (Å²) >= 11 is 0. The lowest BCUT2D eigenvalue weighted by atomic mass is 9.92. The second-order valence-corrected chi connectivity index (χ2v) is 8.29. The van der Waals surface area contributed by atoms with E-state index in [1.807, 2.05) is 0 Å². The first kappa shape index (κ1) is 24.1. The Hall–Kier alpha value is -3.05. The number of methoxy groups -OCH3 is 1. The van der Waals surface area contributed by atoms with Crippen molar-refractivity contribution in [1.29, 1.82) is 0 Å². The Morgan fingerprint density at radius 1 is 1.32 bits per heavy atom. The van der Waals surface area contributed by atoms with Gasteiger partial charge in [-0.25, -0.2) is 9.97 Å². The van der Waals surface area contributed by atoms with Crippen LogP contribution >= 0.6 is 0 Å². The van der Waals surface area contributed by atoms with Crippen molar-refractivity contribution in [2.75, 3.05) is 26.9 Å². The lowest BCUT2D eigenvalue weighted by molar-refractivity contribution is -0.137. The van der Waals surface area contributed by atoms with Gasteiger partial charge in [-0.2, -0.15) is 13.2 Å². The zero-order chi connectivity index (χ0) is 24.3. The molecule has 1 aliphatic rings. The molecule has 1 fully saturated rings. The van der Waals surface area contributed by atoms with Gasteiger partial charge in [0.25, 0.3) is 5.91 Å². The zero-order valence-electron chi connectivity index (χ0n) is 18.9. The highest BCUT2D eigenvalue weighted by atomic mass is 19.4. The third kappa shape index (κ3) is 5.20. The van der Waals surface area contributed by atoms with E-state index in [4.69, 9.17) is 9.47 Å². The van der Waals surface area contributed by atoms with Gasteiger partial charge in [0, 0.05) is 32.4 Å². The van der Waals surface area contributed by atoms with Crippen molar-refractivity contribution in [2.24, 2.45) is 5.92 Å². The van der Waals surface area contributed by atoms with Gasteiger partial charge in [0.2, 0.25) is 0 Å². The molecule has 34 heavy (non-hydrogen) atoms. The van der Waals surface area contributed by atoms with Crippen molar-refractivity contribution in [1.82, 2.24) is 24.8 Å². The summed E-state index contributed by atoms with van der Waals surface area (Å²) in [6.07, 6.45) is -0.0218. The highest BCUT2D eigenvalue weighted by Gasteiger charge is 2.34. The molecule has 2 unspecified atom stereocenters. The number of rotatable bonds is 7. The smallest absolute Gasteiger partial charge is 0.383 e. The monoisotopic (exact) mass is 477 g/mol. The number of aromatic nitrogens is 4. The molecular formula is C23H26F3N5O3. The number of carbonyl (C=O) groups is 1. The molecule has 0 aliphatic carbocycles. The van der Waals surface area contributed by atoms with E-state index in [2.05, 4.69) is 20.3 Å². The maximum Gasteiger partial charge on any atom is 0.416 e. The molecule has 1 N–H and O–H groups in total. The van der Waals surface area contributed by atoms with Gasteiger partial charge in [0.15, 0.2) is 0 Å². The number of halogens is 3. The fourth-order valence-corrected chi connectivity index (χ4v) is 4.13. The van der Waals surface area contributed by atoms with Gasteiger partial charge in [-0.15, -0.1) is 0 Å². The maximum absolute atomic E-state index is 13.3. The Kier molecular flexibility index (Phi) is 7.13. The van der Waals surface area contributed by atoms with E-state index in [1.54, 1.807) is 18.6 Å². The van der Waals surface area contributed by atoms with E-state index in [1.165, 1.54) is 18.5 Å². The van der Waals surface area contributed by atoms with Crippen molar-refractivity contribution >= 4 is 16.9 Å². The van der Waals surface area contributed by atoms with Crippen molar-refractivity contribution in [3.8, 4) is 0 Å². The average Bonchev–Trinajstić information content (AvgIpc) is 3.19. The molecular weight excluding hydrogens is 451 g/mol. The molecule has 1 aromatic carbocycles. The zero-order valence-corrected chi connectivity index (χ0v) is 18.9. The number of hydrogen-bond donors (Lipinski definition) is 1. The standard InChI is InChI=1S/C23H26F3N5O3/c1-14-11-28-18(12-27-14)22(32)30-20(15-4-3-8-34-13-15)21-29-17-10-16(23(24,25)26)5-6-19(17)31(21)7-9-33-2/h5-6,10-12,15,20H,3-4,7-9,13H2,1-2H3,(H,30,32). The summed E-state index contributed by atoms with van der Waals surface area (Å²) in [6, 6.07) is 2.88. The Morgan fingerprint density at radius 2 is 2.15 bits per heavy atom. The minimum atomic E-state index is -4.49. The predicted molar refractivity (Wildman–Crippen MR) is 117 cm³/mol. The van der Waals surface area contributed by atoms with E-state index in [9.17, 15) is 18.0 Å². The summed E-state index contributed by atoms with van der Waals surface area (Å²) in [7, 11) is 1.55. The largest absolute Gasteiger partial charge is 0.416 e. The molecule has 0 saturated carbocycles. The molecule has 11 heteroatoms. The number of fused-ring (bicyclic) bond motifs is 1. The van der Waals surface area contributed by atoms with Crippen molar-refractivity contribution in [3.05, 3.63) is 53.4 Å². The average molecular weight is 477 g/mol. The predicted octanol–water partition coefficient (Wildman–Crippen LogP) is 3.70. The number of hydrogen-bond acceptors (Lipinski definition) is 6. The number of ether oxygens (including phenoxy) is 2. The number of nitrogens with one attached hydrogen (secondary N) is 1. The van der Waals surface area contributed by atoms with Crippen LogP contribution in [0.1, 0.15) is 46.5 Å². The van der Waals surface area contributed by atoms with Crippen LogP contribution in [0, 0.1) is 12.8 Å². The minimum Gasteiger partial charge on any atom is -0.383 e. The van der Waals surface area contributed by atoms with Gasteiger partial charge in [-0.3, -0.25) is 9.78 Å². The van der Waals surface area contributed by atoms with Crippen LogP contribution in [0.2, 0.25) is 0 Å². The summed E-state index contributed by atoms with van der Waals surface area (Å²) in [5, 5.41) is 2.99. The first-order chi connectivity index (χ1) is 16.3. The quantitative estimate of drug-likeness (QED) is 0.558. The van der Waals surface area contributed by atoms with E-state index < -0.39 is 23.7 Å². The number of nitrogens with zero attached hydrogens (tertiary/aromatic N) is 4. The van der Waals surface area contributed by atoms with Crippen LogP contribution in [0.15, 0.2) is 30.6 Å². The minimum absolute atomic E-state index is 0.115. The third-order valence-electron chi connectivity index (χ3n) is 5.87. The summed E-state index contributed by atoms with van der Waals surface area (Å²) < 4.78 is 52.7. The van der Waals surface area contributed by atoms with E-state index in [0.717, 1.165) is 25.0 Å². The molecule has 0 radical (unpaired) electrons. The first-order valence-electron chi connectivity index (χ1n) is 11.0. The molecule has 1 amide bonds. The highest BCUT2D eigenvalue weighted by Crippen LogP contribution is 2.34. The van der Waals surface area contributed by atoms with E-state index in [-0.39, 0.29) is 17.1 Å². The second-order valence-electron chi connectivity index (χ2n) is 8.29. The lowest BCUT2D eigenvalue weighted by Crippen LogP contribution is -2.39. The van der Waals surface area contributed by atoms with Gasteiger partial charge in [-0.1, -0.05) is 0 Å². The fraction of sp³-hybridized carbons (Fsp3) is 0.478. The number of aryl methyl sites for hydroxylation is 1. The Morgan fingerprint density at radius 3 is 2.79 bits per heavy atom. The van der Waals surface area contributed by atoms with E-state index >= 15 is 0 Å². The van der Waals surface area contributed by atoms with Crippen LogP contribution in [0.4, 0.5) is 13.2 Å². The molecule has 182 valence electrons. The van der Waals surface area contributed by atoms with Gasteiger partial charge in [0.05, 0.1) is 47.7 Å².